The van der Waals surface area contributed by atoms with Crippen molar-refractivity contribution in [3.05, 3.63) is 35.9 Å². The molecule has 1 heterocycles. The van der Waals surface area contributed by atoms with Crippen LogP contribution in [0.15, 0.2) is 30.3 Å². The lowest BCUT2D eigenvalue weighted by Gasteiger charge is -2.40. The summed E-state index contributed by atoms with van der Waals surface area (Å²) >= 11 is 0. The van der Waals surface area contributed by atoms with Crippen LogP contribution in [-0.2, 0) is 25.0 Å². The second-order valence-corrected chi connectivity index (χ2v) is 8.08. The number of nitrogens with one attached hydrogen (secondary N) is 1. The number of hydrogen-bond acceptors (Lipinski definition) is 4. The van der Waals surface area contributed by atoms with Crippen LogP contribution in [-0.4, -0.2) is 55.1 Å². The number of benzene rings is 1. The molecule has 0 unspecified atom stereocenters. The molecule has 0 bridgehead atoms. The molecule has 1 saturated heterocycles. The third-order valence-electron chi connectivity index (χ3n) is 4.50. The maximum absolute atomic E-state index is 12.7. The van der Waals surface area contributed by atoms with Crippen LogP contribution in [0, 0.1) is 0 Å². The minimum atomic E-state index is -3.30. The molecule has 0 radical (unpaired) electrons. The van der Waals surface area contributed by atoms with Crippen molar-refractivity contribution in [3.8, 4) is 0 Å². The van der Waals surface area contributed by atoms with Crippen LogP contribution in [0.25, 0.3) is 0 Å². The summed E-state index contributed by atoms with van der Waals surface area (Å²) in [5, 5.41) is 11.2. The fourth-order valence-corrected chi connectivity index (χ4v) is 4.16. The predicted molar refractivity (Wildman–Crippen MR) is 89.0 cm³/mol. The molecular weight excluding hydrogens is 332 g/mol. The highest BCUT2D eigenvalue weighted by Gasteiger charge is 2.44. The third-order valence-corrected chi connectivity index (χ3v) is 6.38. The molecule has 2 rings (SSSR count). The summed E-state index contributed by atoms with van der Waals surface area (Å²) in [6.07, 6.45) is 0.642. The van der Waals surface area contributed by atoms with Gasteiger partial charge in [0.2, 0.25) is 15.9 Å². The van der Waals surface area contributed by atoms with Crippen molar-refractivity contribution in [2.45, 2.75) is 25.2 Å². The number of carbonyl (C=O) groups is 2. The van der Waals surface area contributed by atoms with E-state index in [4.69, 9.17) is 5.11 Å². The zero-order chi connectivity index (χ0) is 17.8. The normalized spacial score (nSPS) is 18.0. The van der Waals surface area contributed by atoms with Crippen LogP contribution in [0.3, 0.4) is 0 Å². The summed E-state index contributed by atoms with van der Waals surface area (Å²) in [7, 11) is -3.30. The first-order valence-corrected chi connectivity index (χ1v) is 9.46. The summed E-state index contributed by atoms with van der Waals surface area (Å²) in [6.45, 7) is 1.62. The minimum absolute atomic E-state index is 0.0244. The lowest BCUT2D eigenvalue weighted by molar-refractivity contribution is -0.139. The summed E-state index contributed by atoms with van der Waals surface area (Å²) in [6, 6.07) is 9.12. The number of rotatable bonds is 6. The van der Waals surface area contributed by atoms with Crippen molar-refractivity contribution in [1.29, 1.82) is 0 Å². The molecule has 1 amide bonds. The van der Waals surface area contributed by atoms with Crippen LogP contribution in [0.1, 0.15) is 25.3 Å². The van der Waals surface area contributed by atoms with E-state index in [-0.39, 0.29) is 24.7 Å². The molecule has 1 aromatic carbocycles. The van der Waals surface area contributed by atoms with E-state index < -0.39 is 28.0 Å². The van der Waals surface area contributed by atoms with E-state index in [9.17, 15) is 18.0 Å². The standard InChI is InChI=1S/C16H22N2O5S/c1-2-24(22,23)18-10-8-16(9-11-18,13-6-4-3-5-7-13)15(21)17-12-14(19)20/h3-7H,2,8-12H2,1H3,(H,17,21)(H,19,20). The van der Waals surface area contributed by atoms with Gasteiger partial charge in [0, 0.05) is 13.1 Å². The molecule has 132 valence electrons. The van der Waals surface area contributed by atoms with Crippen LogP contribution in [0.2, 0.25) is 0 Å². The van der Waals surface area contributed by atoms with E-state index >= 15 is 0 Å². The Labute approximate surface area is 141 Å². The molecule has 0 aromatic heterocycles. The first-order chi connectivity index (χ1) is 11.3. The van der Waals surface area contributed by atoms with Gasteiger partial charge < -0.3 is 10.4 Å². The van der Waals surface area contributed by atoms with Crippen LogP contribution in [0.4, 0.5) is 0 Å². The molecule has 0 aliphatic carbocycles. The maximum Gasteiger partial charge on any atom is 0.322 e. The Morgan fingerprint density at radius 2 is 1.79 bits per heavy atom. The molecular formula is C16H22N2O5S. The van der Waals surface area contributed by atoms with E-state index in [1.807, 2.05) is 30.3 Å². The summed E-state index contributed by atoms with van der Waals surface area (Å²) in [4.78, 5) is 23.5. The third kappa shape index (κ3) is 3.76. The molecule has 1 aliphatic rings. The Kier molecular flexibility index (Phi) is 5.61. The molecule has 0 atom stereocenters. The molecule has 8 heteroatoms. The monoisotopic (exact) mass is 354 g/mol. The number of carboxylic acid groups (broad SMARTS) is 1. The average Bonchev–Trinajstić information content (AvgIpc) is 2.60. The van der Waals surface area contributed by atoms with Crippen LogP contribution >= 0.6 is 0 Å². The molecule has 1 fully saturated rings. The van der Waals surface area contributed by atoms with Gasteiger partial charge >= 0.3 is 5.97 Å². The van der Waals surface area contributed by atoms with E-state index in [2.05, 4.69) is 5.32 Å². The Morgan fingerprint density at radius 3 is 2.29 bits per heavy atom. The number of nitrogens with zero attached hydrogens (tertiary/aromatic N) is 1. The second-order valence-electron chi connectivity index (χ2n) is 5.82. The van der Waals surface area contributed by atoms with Gasteiger partial charge in [-0.1, -0.05) is 30.3 Å². The first kappa shape index (κ1) is 18.4. The van der Waals surface area contributed by atoms with Crippen molar-refractivity contribution in [2.24, 2.45) is 0 Å². The maximum atomic E-state index is 12.7. The largest absolute Gasteiger partial charge is 0.480 e. The second kappa shape index (κ2) is 7.31. The Balaban J connectivity index is 2.27. The lowest BCUT2D eigenvalue weighted by Crippen LogP contribution is -2.53. The van der Waals surface area contributed by atoms with E-state index in [0.717, 1.165) is 5.56 Å². The lowest BCUT2D eigenvalue weighted by atomic mass is 9.72. The van der Waals surface area contributed by atoms with Gasteiger partial charge in [-0.15, -0.1) is 0 Å². The van der Waals surface area contributed by atoms with Gasteiger partial charge in [-0.25, -0.2) is 12.7 Å². The first-order valence-electron chi connectivity index (χ1n) is 7.85. The van der Waals surface area contributed by atoms with Gasteiger partial charge in [-0.05, 0) is 25.3 Å². The van der Waals surface area contributed by atoms with Crippen molar-refractivity contribution in [3.63, 3.8) is 0 Å². The van der Waals surface area contributed by atoms with Crippen molar-refractivity contribution in [1.82, 2.24) is 9.62 Å². The molecule has 1 aromatic rings. The van der Waals surface area contributed by atoms with Crippen molar-refractivity contribution >= 4 is 21.9 Å². The Hall–Kier alpha value is -1.93. The SMILES string of the molecule is CCS(=O)(=O)N1CCC(C(=O)NCC(=O)O)(c2ccccc2)CC1. The molecule has 7 nitrogen and oxygen atoms in total. The zero-order valence-electron chi connectivity index (χ0n) is 13.6. The molecule has 1 aliphatic heterocycles. The average molecular weight is 354 g/mol. The highest BCUT2D eigenvalue weighted by Crippen LogP contribution is 2.36. The van der Waals surface area contributed by atoms with Gasteiger partial charge in [-0.2, -0.15) is 0 Å². The predicted octanol–water partition coefficient (Wildman–Crippen LogP) is 0.571. The Morgan fingerprint density at radius 1 is 1.21 bits per heavy atom. The molecule has 2 N–H and O–H groups in total. The fraction of sp³-hybridized carbons (Fsp3) is 0.500. The van der Waals surface area contributed by atoms with Gasteiger partial charge in [0.25, 0.3) is 0 Å². The summed E-state index contributed by atoms with van der Waals surface area (Å²) in [5.41, 5.74) is -0.127. The molecule has 0 saturated carbocycles. The Bertz CT molecular complexity index is 694. The van der Waals surface area contributed by atoms with E-state index in [0.29, 0.717) is 12.8 Å². The topological polar surface area (TPSA) is 104 Å². The number of carboxylic acids is 1. The molecule has 0 spiro atoms. The molecule has 24 heavy (non-hydrogen) atoms. The van der Waals surface area contributed by atoms with Gasteiger partial charge in [0.1, 0.15) is 6.54 Å². The number of aliphatic carboxylic acids is 1. The number of piperidine rings is 1. The van der Waals surface area contributed by atoms with Crippen LogP contribution in [0.5, 0.6) is 0 Å². The van der Waals surface area contributed by atoms with Gasteiger partial charge in [-0.3, -0.25) is 9.59 Å². The zero-order valence-corrected chi connectivity index (χ0v) is 14.4. The van der Waals surface area contributed by atoms with Gasteiger partial charge in [0.05, 0.1) is 11.2 Å². The highest BCUT2D eigenvalue weighted by molar-refractivity contribution is 7.89. The highest BCUT2D eigenvalue weighted by atomic mass is 32.2. The number of carbonyl (C=O) groups excluding carboxylic acids is 1. The van der Waals surface area contributed by atoms with E-state index in [1.54, 1.807) is 6.92 Å². The smallest absolute Gasteiger partial charge is 0.322 e. The summed E-state index contributed by atoms with van der Waals surface area (Å²) < 4.78 is 25.5. The minimum Gasteiger partial charge on any atom is -0.480 e. The summed E-state index contributed by atoms with van der Waals surface area (Å²) in [5.74, 6) is -1.46. The van der Waals surface area contributed by atoms with Crippen molar-refractivity contribution < 1.29 is 23.1 Å². The number of amides is 1. The van der Waals surface area contributed by atoms with E-state index in [1.165, 1.54) is 4.31 Å². The van der Waals surface area contributed by atoms with Gasteiger partial charge in [0.15, 0.2) is 0 Å². The number of sulfonamides is 1. The van der Waals surface area contributed by atoms with Crippen LogP contribution < -0.4 is 5.32 Å². The number of hydrogen-bond donors (Lipinski definition) is 2. The van der Waals surface area contributed by atoms with Crippen molar-refractivity contribution in [2.75, 3.05) is 25.4 Å². The quantitative estimate of drug-likeness (QED) is 0.777. The fourth-order valence-electron chi connectivity index (χ4n) is 3.06.